The number of aliphatic hydroxyl groups excluding tert-OH is 1. The van der Waals surface area contributed by atoms with Gasteiger partial charge in [-0.15, -0.1) is 0 Å². The maximum absolute atomic E-state index is 12.5. The summed E-state index contributed by atoms with van der Waals surface area (Å²) in [5.74, 6) is 0. The van der Waals surface area contributed by atoms with E-state index in [9.17, 15) is 18.3 Å². The Kier molecular flexibility index (Phi) is 3.14. The van der Waals surface area contributed by atoms with Gasteiger partial charge in [0.2, 0.25) is 0 Å². The Labute approximate surface area is 104 Å². The number of alkyl halides is 3. The largest absolute Gasteiger partial charge is 0.418 e. The van der Waals surface area contributed by atoms with Crippen LogP contribution in [0.1, 0.15) is 11.7 Å². The van der Waals surface area contributed by atoms with E-state index in [1.807, 2.05) is 0 Å². The van der Waals surface area contributed by atoms with Crippen LogP contribution in [0.5, 0.6) is 0 Å². The molecule has 1 unspecified atom stereocenters. The summed E-state index contributed by atoms with van der Waals surface area (Å²) in [7, 11) is 0. The highest BCUT2D eigenvalue weighted by Gasteiger charge is 2.40. The third-order valence-corrected chi connectivity index (χ3v) is 2.98. The Balaban J connectivity index is 2.65. The van der Waals surface area contributed by atoms with Crippen LogP contribution in [0, 0.1) is 0 Å². The first-order chi connectivity index (χ1) is 7.89. The van der Waals surface area contributed by atoms with Crippen molar-refractivity contribution in [2.24, 2.45) is 0 Å². The van der Waals surface area contributed by atoms with Crippen molar-refractivity contribution in [1.29, 1.82) is 0 Å². The van der Waals surface area contributed by atoms with Crippen molar-refractivity contribution >= 4 is 26.7 Å². The average Bonchev–Trinajstić information content (AvgIpc) is 2.26. The van der Waals surface area contributed by atoms with Gasteiger partial charge in [-0.2, -0.15) is 13.2 Å². The third-order valence-electron chi connectivity index (χ3n) is 2.48. The fourth-order valence-electron chi connectivity index (χ4n) is 1.68. The Morgan fingerprint density at radius 1 is 1.12 bits per heavy atom. The molecule has 0 aliphatic carbocycles. The molecule has 0 saturated heterocycles. The van der Waals surface area contributed by atoms with E-state index in [4.69, 9.17) is 0 Å². The van der Waals surface area contributed by atoms with E-state index in [1.54, 1.807) is 24.3 Å². The molecule has 2 rings (SSSR count). The van der Waals surface area contributed by atoms with Gasteiger partial charge in [0.05, 0.1) is 0 Å². The molecule has 90 valence electrons. The maximum atomic E-state index is 12.5. The summed E-state index contributed by atoms with van der Waals surface area (Å²) in [5, 5.41) is 10.4. The molecule has 5 heteroatoms. The van der Waals surface area contributed by atoms with Crippen molar-refractivity contribution in [3.8, 4) is 0 Å². The molecule has 2 aromatic carbocycles. The number of hydrogen-bond acceptors (Lipinski definition) is 1. The van der Waals surface area contributed by atoms with E-state index in [1.165, 1.54) is 12.1 Å². The molecule has 1 nitrogen and oxygen atoms in total. The Hall–Kier alpha value is -1.07. The molecular formula is C12H8BrF3O. The fraction of sp³-hybridized carbons (Fsp3) is 0.167. The van der Waals surface area contributed by atoms with Gasteiger partial charge in [-0.3, -0.25) is 0 Å². The van der Waals surface area contributed by atoms with Crippen molar-refractivity contribution in [2.75, 3.05) is 0 Å². The lowest BCUT2D eigenvalue weighted by Gasteiger charge is -2.16. The lowest BCUT2D eigenvalue weighted by atomic mass is 10.0. The monoisotopic (exact) mass is 304 g/mol. The number of aliphatic hydroxyl groups is 1. The molecular weight excluding hydrogens is 297 g/mol. The number of benzene rings is 2. The summed E-state index contributed by atoms with van der Waals surface area (Å²) < 4.78 is 38.2. The number of fused-ring (bicyclic) bond motifs is 1. The SMILES string of the molecule is OC(c1cccc2ccc(Br)cc12)C(F)(F)F. The number of hydrogen-bond donors (Lipinski definition) is 1. The molecule has 1 N–H and O–H groups in total. The van der Waals surface area contributed by atoms with Crippen molar-refractivity contribution in [2.45, 2.75) is 12.3 Å². The summed E-state index contributed by atoms with van der Waals surface area (Å²) in [5.41, 5.74) is -0.128. The van der Waals surface area contributed by atoms with Crippen molar-refractivity contribution in [3.63, 3.8) is 0 Å². The van der Waals surface area contributed by atoms with Gasteiger partial charge in [0.25, 0.3) is 0 Å². The molecule has 17 heavy (non-hydrogen) atoms. The maximum Gasteiger partial charge on any atom is 0.418 e. The van der Waals surface area contributed by atoms with E-state index >= 15 is 0 Å². The number of halogens is 4. The highest BCUT2D eigenvalue weighted by molar-refractivity contribution is 9.10. The average molecular weight is 305 g/mol. The van der Waals surface area contributed by atoms with Gasteiger partial charge in [0.15, 0.2) is 6.10 Å². The minimum absolute atomic E-state index is 0.128. The molecule has 0 amide bonds. The van der Waals surface area contributed by atoms with E-state index < -0.39 is 12.3 Å². The minimum atomic E-state index is -4.66. The zero-order chi connectivity index (χ0) is 12.6. The van der Waals surface area contributed by atoms with Gasteiger partial charge in [-0.05, 0) is 28.5 Å². The Morgan fingerprint density at radius 2 is 1.82 bits per heavy atom. The van der Waals surface area contributed by atoms with Gasteiger partial charge >= 0.3 is 6.18 Å². The molecule has 1 atom stereocenters. The quantitative estimate of drug-likeness (QED) is 0.837. The van der Waals surface area contributed by atoms with E-state index in [0.29, 0.717) is 15.2 Å². The second-order valence-corrected chi connectivity index (χ2v) is 4.57. The lowest BCUT2D eigenvalue weighted by molar-refractivity contribution is -0.206. The van der Waals surface area contributed by atoms with Crippen LogP contribution in [0.4, 0.5) is 13.2 Å². The summed E-state index contributed by atoms with van der Waals surface area (Å²) in [6, 6.07) is 9.50. The molecule has 0 aliphatic heterocycles. The fourth-order valence-corrected chi connectivity index (χ4v) is 2.04. The molecule has 0 aromatic heterocycles. The van der Waals surface area contributed by atoms with Gasteiger partial charge in [0.1, 0.15) is 0 Å². The zero-order valence-electron chi connectivity index (χ0n) is 8.50. The summed E-state index contributed by atoms with van der Waals surface area (Å²) in [6.45, 7) is 0. The first kappa shape index (κ1) is 12.4. The summed E-state index contributed by atoms with van der Waals surface area (Å²) in [4.78, 5) is 0. The van der Waals surface area contributed by atoms with Crippen LogP contribution in [-0.2, 0) is 0 Å². The van der Waals surface area contributed by atoms with Crippen LogP contribution in [-0.4, -0.2) is 11.3 Å². The summed E-state index contributed by atoms with van der Waals surface area (Å²) >= 11 is 3.20. The first-order valence-electron chi connectivity index (χ1n) is 4.82. The third kappa shape index (κ3) is 2.45. The molecule has 0 spiro atoms. The van der Waals surface area contributed by atoms with Gasteiger partial charge < -0.3 is 5.11 Å². The molecule has 2 aromatic rings. The predicted octanol–water partition coefficient (Wildman–Crippen LogP) is 4.20. The molecule has 0 saturated carbocycles. The number of rotatable bonds is 1. The van der Waals surface area contributed by atoms with E-state index in [0.717, 1.165) is 0 Å². The summed E-state index contributed by atoms with van der Waals surface area (Å²) in [6.07, 6.45) is -7.11. The van der Waals surface area contributed by atoms with Crippen molar-refractivity contribution in [1.82, 2.24) is 0 Å². The van der Waals surface area contributed by atoms with Crippen LogP contribution >= 0.6 is 15.9 Å². The first-order valence-corrected chi connectivity index (χ1v) is 5.62. The lowest BCUT2D eigenvalue weighted by Crippen LogP contribution is -2.20. The topological polar surface area (TPSA) is 20.2 Å². The van der Waals surface area contributed by atoms with Gasteiger partial charge in [-0.1, -0.05) is 40.2 Å². The van der Waals surface area contributed by atoms with Crippen molar-refractivity contribution in [3.05, 3.63) is 46.4 Å². The molecule has 0 heterocycles. The van der Waals surface area contributed by atoms with Crippen molar-refractivity contribution < 1.29 is 18.3 Å². The van der Waals surface area contributed by atoms with Crippen LogP contribution in [0.25, 0.3) is 10.8 Å². The van der Waals surface area contributed by atoms with E-state index in [2.05, 4.69) is 15.9 Å². The standard InChI is InChI=1S/C12H8BrF3O/c13-8-5-4-7-2-1-3-9(10(7)6-8)11(17)12(14,15)16/h1-6,11,17H. The highest BCUT2D eigenvalue weighted by Crippen LogP contribution is 2.36. The molecule has 0 radical (unpaired) electrons. The second kappa shape index (κ2) is 4.31. The minimum Gasteiger partial charge on any atom is -0.379 e. The smallest absolute Gasteiger partial charge is 0.379 e. The molecule has 0 aliphatic rings. The van der Waals surface area contributed by atoms with Crippen LogP contribution in [0.15, 0.2) is 40.9 Å². The Bertz CT molecular complexity index is 551. The van der Waals surface area contributed by atoms with Crippen LogP contribution in [0.2, 0.25) is 0 Å². The molecule has 0 fully saturated rings. The van der Waals surface area contributed by atoms with Crippen LogP contribution in [0.3, 0.4) is 0 Å². The zero-order valence-corrected chi connectivity index (χ0v) is 10.1. The molecule has 0 bridgehead atoms. The Morgan fingerprint density at radius 3 is 2.47 bits per heavy atom. The van der Waals surface area contributed by atoms with Gasteiger partial charge in [-0.25, -0.2) is 0 Å². The highest BCUT2D eigenvalue weighted by atomic mass is 79.9. The van der Waals surface area contributed by atoms with Crippen LogP contribution < -0.4 is 0 Å². The van der Waals surface area contributed by atoms with Gasteiger partial charge in [0, 0.05) is 4.47 Å². The normalized spacial score (nSPS) is 13.9. The predicted molar refractivity (Wildman–Crippen MR) is 62.7 cm³/mol. The second-order valence-electron chi connectivity index (χ2n) is 3.66. The van der Waals surface area contributed by atoms with E-state index in [-0.39, 0.29) is 5.56 Å².